The quantitative estimate of drug-likeness (QED) is 0.798. The summed E-state index contributed by atoms with van der Waals surface area (Å²) in [6.07, 6.45) is 0.430. The molecular weight excluding hydrogens is 330 g/mol. The maximum Gasteiger partial charge on any atom is 0.224 e. The number of carbonyl (C=O) groups is 1. The number of ether oxygens (including phenoxy) is 2. The molecule has 0 bridgehead atoms. The first kappa shape index (κ1) is 20.5. The standard InChI is InChI=1S/C17H27N3O3.ClH/c1-14(18)12-17(21)20-8-6-19(7-9-20)10-11-23-16-5-3-4-15(13-16)22-2;/h3-5,13-14H,6-12,18H2,1-2H3;1H. The number of piperazine rings is 1. The van der Waals surface area contributed by atoms with Gasteiger partial charge in [0.05, 0.1) is 7.11 Å². The van der Waals surface area contributed by atoms with Crippen LogP contribution in [0.25, 0.3) is 0 Å². The van der Waals surface area contributed by atoms with E-state index >= 15 is 0 Å². The normalized spacial score (nSPS) is 16.2. The summed E-state index contributed by atoms with van der Waals surface area (Å²) in [6.45, 7) is 6.64. The van der Waals surface area contributed by atoms with E-state index in [4.69, 9.17) is 15.2 Å². The Morgan fingerprint density at radius 2 is 1.92 bits per heavy atom. The predicted octanol–water partition coefficient (Wildman–Crippen LogP) is 1.38. The monoisotopic (exact) mass is 357 g/mol. The highest BCUT2D eigenvalue weighted by molar-refractivity contribution is 5.85. The van der Waals surface area contributed by atoms with Crippen LogP contribution in [-0.2, 0) is 4.79 Å². The highest BCUT2D eigenvalue weighted by Crippen LogP contribution is 2.18. The number of rotatable bonds is 7. The summed E-state index contributed by atoms with van der Waals surface area (Å²) >= 11 is 0. The van der Waals surface area contributed by atoms with E-state index in [9.17, 15) is 4.79 Å². The Morgan fingerprint density at radius 1 is 1.25 bits per heavy atom. The number of hydrogen-bond donors (Lipinski definition) is 1. The molecule has 1 atom stereocenters. The molecule has 1 unspecified atom stereocenters. The molecule has 1 heterocycles. The van der Waals surface area contributed by atoms with E-state index in [1.54, 1.807) is 7.11 Å². The number of carbonyl (C=O) groups excluding carboxylic acids is 1. The van der Waals surface area contributed by atoms with Gasteiger partial charge in [0, 0.05) is 51.3 Å². The minimum Gasteiger partial charge on any atom is -0.497 e. The molecule has 7 heteroatoms. The van der Waals surface area contributed by atoms with E-state index in [1.807, 2.05) is 36.1 Å². The molecule has 1 aromatic carbocycles. The summed E-state index contributed by atoms with van der Waals surface area (Å²) in [5.41, 5.74) is 5.69. The largest absolute Gasteiger partial charge is 0.497 e. The van der Waals surface area contributed by atoms with Crippen LogP contribution in [0.2, 0.25) is 0 Å². The molecule has 0 spiro atoms. The van der Waals surface area contributed by atoms with Gasteiger partial charge in [-0.1, -0.05) is 6.07 Å². The van der Waals surface area contributed by atoms with Crippen molar-refractivity contribution in [2.45, 2.75) is 19.4 Å². The lowest BCUT2D eigenvalue weighted by atomic mass is 10.2. The number of nitrogens with zero attached hydrogens (tertiary/aromatic N) is 2. The number of methoxy groups -OCH3 is 1. The molecule has 1 aliphatic heterocycles. The van der Waals surface area contributed by atoms with Gasteiger partial charge >= 0.3 is 0 Å². The van der Waals surface area contributed by atoms with Gasteiger partial charge in [0.15, 0.2) is 0 Å². The maximum absolute atomic E-state index is 12.0. The Morgan fingerprint density at radius 3 is 2.54 bits per heavy atom. The van der Waals surface area contributed by atoms with Crippen LogP contribution < -0.4 is 15.2 Å². The molecule has 0 saturated carbocycles. The van der Waals surface area contributed by atoms with Crippen molar-refractivity contribution in [3.8, 4) is 11.5 Å². The highest BCUT2D eigenvalue weighted by atomic mass is 35.5. The number of nitrogens with two attached hydrogens (primary N) is 1. The SMILES string of the molecule is COc1cccc(OCCN2CCN(C(=O)CC(C)N)CC2)c1.Cl. The van der Waals surface area contributed by atoms with Gasteiger partial charge < -0.3 is 20.1 Å². The van der Waals surface area contributed by atoms with E-state index in [1.165, 1.54) is 0 Å². The first-order valence-electron chi connectivity index (χ1n) is 8.11. The second-order valence-electron chi connectivity index (χ2n) is 5.93. The minimum absolute atomic E-state index is 0. The van der Waals surface area contributed by atoms with Crippen molar-refractivity contribution in [3.63, 3.8) is 0 Å². The summed E-state index contributed by atoms with van der Waals surface area (Å²) in [5, 5.41) is 0. The molecule has 2 rings (SSSR count). The maximum atomic E-state index is 12.0. The average molecular weight is 358 g/mol. The van der Waals surface area contributed by atoms with Crippen molar-refractivity contribution >= 4 is 18.3 Å². The third-order valence-electron chi connectivity index (χ3n) is 3.94. The van der Waals surface area contributed by atoms with Crippen molar-refractivity contribution in [1.82, 2.24) is 9.80 Å². The molecule has 0 aromatic heterocycles. The molecule has 0 radical (unpaired) electrons. The zero-order chi connectivity index (χ0) is 16.7. The van der Waals surface area contributed by atoms with Crippen LogP contribution in [-0.4, -0.2) is 68.2 Å². The van der Waals surface area contributed by atoms with Gasteiger partial charge in [-0.25, -0.2) is 0 Å². The lowest BCUT2D eigenvalue weighted by Crippen LogP contribution is -2.50. The Hall–Kier alpha value is -1.50. The van der Waals surface area contributed by atoms with Gasteiger partial charge in [-0.05, 0) is 19.1 Å². The summed E-state index contributed by atoms with van der Waals surface area (Å²) in [7, 11) is 1.64. The Kier molecular flexibility index (Phi) is 8.89. The molecule has 1 saturated heterocycles. The lowest BCUT2D eigenvalue weighted by molar-refractivity contribution is -0.133. The summed E-state index contributed by atoms with van der Waals surface area (Å²) in [6, 6.07) is 7.54. The van der Waals surface area contributed by atoms with Crippen LogP contribution in [0.5, 0.6) is 11.5 Å². The number of halogens is 1. The van der Waals surface area contributed by atoms with E-state index in [0.29, 0.717) is 13.0 Å². The topological polar surface area (TPSA) is 68.0 Å². The fourth-order valence-corrected chi connectivity index (χ4v) is 2.61. The van der Waals surface area contributed by atoms with Crippen LogP contribution in [0, 0.1) is 0 Å². The predicted molar refractivity (Wildman–Crippen MR) is 97.0 cm³/mol. The lowest BCUT2D eigenvalue weighted by Gasteiger charge is -2.35. The van der Waals surface area contributed by atoms with Gasteiger partial charge in [-0.3, -0.25) is 9.69 Å². The van der Waals surface area contributed by atoms with Crippen molar-refractivity contribution < 1.29 is 14.3 Å². The van der Waals surface area contributed by atoms with Gasteiger partial charge in [0.2, 0.25) is 5.91 Å². The Labute approximate surface area is 150 Å². The van der Waals surface area contributed by atoms with Gasteiger partial charge in [-0.15, -0.1) is 12.4 Å². The molecule has 1 aromatic rings. The molecule has 0 aliphatic carbocycles. The van der Waals surface area contributed by atoms with E-state index in [-0.39, 0.29) is 24.4 Å². The first-order valence-corrected chi connectivity index (χ1v) is 8.11. The van der Waals surface area contributed by atoms with Gasteiger partial charge in [0.25, 0.3) is 0 Å². The second-order valence-corrected chi connectivity index (χ2v) is 5.93. The van der Waals surface area contributed by atoms with Crippen LogP contribution in [0.15, 0.2) is 24.3 Å². The number of amides is 1. The van der Waals surface area contributed by atoms with E-state index in [2.05, 4.69) is 4.90 Å². The highest BCUT2D eigenvalue weighted by Gasteiger charge is 2.21. The smallest absolute Gasteiger partial charge is 0.224 e. The van der Waals surface area contributed by atoms with Crippen molar-refractivity contribution in [3.05, 3.63) is 24.3 Å². The van der Waals surface area contributed by atoms with Crippen molar-refractivity contribution in [1.29, 1.82) is 0 Å². The number of hydrogen-bond acceptors (Lipinski definition) is 5. The van der Waals surface area contributed by atoms with Crippen molar-refractivity contribution in [2.75, 3.05) is 46.4 Å². The van der Waals surface area contributed by atoms with Crippen LogP contribution in [0.3, 0.4) is 0 Å². The Balaban J connectivity index is 0.00000288. The first-order chi connectivity index (χ1) is 11.1. The van der Waals surface area contributed by atoms with Gasteiger partial charge in [0.1, 0.15) is 18.1 Å². The zero-order valence-corrected chi connectivity index (χ0v) is 15.3. The summed E-state index contributed by atoms with van der Waals surface area (Å²) in [5.74, 6) is 1.77. The molecule has 24 heavy (non-hydrogen) atoms. The van der Waals surface area contributed by atoms with Crippen LogP contribution >= 0.6 is 12.4 Å². The molecule has 6 nitrogen and oxygen atoms in total. The molecule has 1 aliphatic rings. The Bertz CT molecular complexity index is 506. The summed E-state index contributed by atoms with van der Waals surface area (Å²) < 4.78 is 10.9. The average Bonchev–Trinajstić information content (AvgIpc) is 2.55. The van der Waals surface area contributed by atoms with E-state index < -0.39 is 0 Å². The third-order valence-corrected chi connectivity index (χ3v) is 3.94. The molecule has 1 amide bonds. The zero-order valence-electron chi connectivity index (χ0n) is 14.4. The van der Waals surface area contributed by atoms with E-state index in [0.717, 1.165) is 44.2 Å². The molecular formula is C17H28ClN3O3. The number of benzene rings is 1. The molecule has 136 valence electrons. The molecule has 2 N–H and O–H groups in total. The third kappa shape index (κ3) is 6.55. The molecule has 1 fully saturated rings. The minimum atomic E-state index is -0.0724. The van der Waals surface area contributed by atoms with Gasteiger partial charge in [-0.2, -0.15) is 0 Å². The summed E-state index contributed by atoms with van der Waals surface area (Å²) in [4.78, 5) is 16.2. The fraction of sp³-hybridized carbons (Fsp3) is 0.588. The van der Waals surface area contributed by atoms with Crippen LogP contribution in [0.1, 0.15) is 13.3 Å². The van der Waals surface area contributed by atoms with Crippen LogP contribution in [0.4, 0.5) is 0 Å². The van der Waals surface area contributed by atoms with Crippen molar-refractivity contribution in [2.24, 2.45) is 5.73 Å². The second kappa shape index (κ2) is 10.4. The fourth-order valence-electron chi connectivity index (χ4n) is 2.61.